The smallest absolute Gasteiger partial charge is 0.290 e. The molecule has 5 fully saturated rings. The average Bonchev–Trinajstić information content (AvgIpc) is 3.26. The van der Waals surface area contributed by atoms with E-state index in [0.29, 0.717) is 12.0 Å². The predicted molar refractivity (Wildman–Crippen MR) is 134 cm³/mol. The zero-order chi connectivity index (χ0) is 24.7. The van der Waals surface area contributed by atoms with Crippen molar-refractivity contribution in [2.45, 2.75) is 68.9 Å². The van der Waals surface area contributed by atoms with Crippen molar-refractivity contribution in [3.8, 4) is 0 Å². The van der Waals surface area contributed by atoms with Gasteiger partial charge >= 0.3 is 0 Å². The molecule has 4 aliphatic heterocycles. The second-order valence-electron chi connectivity index (χ2n) is 10.7. The molecule has 0 aromatic heterocycles. The largest absolute Gasteiger partial charge is 0.483 e. The molecule has 1 aromatic rings. The summed E-state index contributed by atoms with van der Waals surface area (Å²) in [7, 11) is 0. The van der Waals surface area contributed by atoms with Crippen LogP contribution in [0.5, 0.6) is 0 Å². The SMILES string of the molecule is O=C(CCC(=O)NC1C2CN3CCN(C2)CC1(c1ccccc1)C3)NC1CCCCCC1.O=CO. The Morgan fingerprint density at radius 1 is 0.914 bits per heavy atom. The Morgan fingerprint density at radius 3 is 2.03 bits per heavy atom. The van der Waals surface area contributed by atoms with E-state index in [4.69, 9.17) is 9.90 Å². The molecule has 35 heavy (non-hydrogen) atoms. The minimum atomic E-state index is -0.250. The van der Waals surface area contributed by atoms with Gasteiger partial charge in [-0.15, -0.1) is 0 Å². The van der Waals surface area contributed by atoms with Crippen LogP contribution in [0.1, 0.15) is 56.9 Å². The van der Waals surface area contributed by atoms with Crippen LogP contribution in [0.2, 0.25) is 0 Å². The molecule has 8 nitrogen and oxygen atoms in total. The average molecular weight is 485 g/mol. The van der Waals surface area contributed by atoms with Gasteiger partial charge in [-0.25, -0.2) is 0 Å². The predicted octanol–water partition coefficient (Wildman–Crippen LogP) is 1.99. The molecule has 4 heterocycles. The molecular formula is C27H40N4O4. The van der Waals surface area contributed by atoms with Gasteiger partial charge in [-0.05, 0) is 18.4 Å². The van der Waals surface area contributed by atoms with E-state index >= 15 is 0 Å². The summed E-state index contributed by atoms with van der Waals surface area (Å²) in [5, 5.41) is 13.5. The van der Waals surface area contributed by atoms with Crippen LogP contribution < -0.4 is 10.6 Å². The summed E-state index contributed by atoms with van der Waals surface area (Å²) in [6.07, 6.45) is 7.66. The third kappa shape index (κ3) is 6.22. The van der Waals surface area contributed by atoms with Crippen LogP contribution in [0.25, 0.3) is 0 Å². The van der Waals surface area contributed by atoms with Crippen molar-refractivity contribution in [3.05, 3.63) is 35.9 Å². The molecule has 192 valence electrons. The summed E-state index contributed by atoms with van der Waals surface area (Å²) in [5.74, 6) is 0.491. The van der Waals surface area contributed by atoms with Crippen LogP contribution in [0.4, 0.5) is 0 Å². The normalized spacial score (nSPS) is 31.9. The summed E-state index contributed by atoms with van der Waals surface area (Å²) < 4.78 is 0. The van der Waals surface area contributed by atoms with Gasteiger partial charge in [-0.3, -0.25) is 14.4 Å². The second kappa shape index (κ2) is 12.0. The lowest BCUT2D eigenvalue weighted by Gasteiger charge is -2.55. The van der Waals surface area contributed by atoms with E-state index in [1.165, 1.54) is 31.2 Å². The van der Waals surface area contributed by atoms with Gasteiger partial charge in [0.25, 0.3) is 6.47 Å². The Labute approximate surface area is 208 Å². The number of rotatable bonds is 6. The first-order chi connectivity index (χ1) is 17.0. The van der Waals surface area contributed by atoms with E-state index in [0.717, 1.165) is 52.1 Å². The van der Waals surface area contributed by atoms with Gasteiger partial charge in [0.05, 0.1) is 0 Å². The van der Waals surface area contributed by atoms with Crippen molar-refractivity contribution in [1.82, 2.24) is 20.4 Å². The van der Waals surface area contributed by atoms with Crippen LogP contribution in [0.3, 0.4) is 0 Å². The number of piperidine rings is 2. The molecular weight excluding hydrogens is 444 g/mol. The van der Waals surface area contributed by atoms with E-state index in [1.54, 1.807) is 0 Å². The quantitative estimate of drug-likeness (QED) is 0.422. The monoisotopic (exact) mass is 484 g/mol. The first-order valence-electron chi connectivity index (χ1n) is 13.2. The van der Waals surface area contributed by atoms with Gasteiger partial charge in [0.15, 0.2) is 0 Å². The van der Waals surface area contributed by atoms with Crippen LogP contribution >= 0.6 is 0 Å². The molecule has 4 saturated heterocycles. The lowest BCUT2D eigenvalue weighted by atomic mass is 9.64. The second-order valence-corrected chi connectivity index (χ2v) is 10.7. The van der Waals surface area contributed by atoms with Crippen molar-refractivity contribution < 1.29 is 19.5 Å². The highest BCUT2D eigenvalue weighted by molar-refractivity contribution is 5.84. The molecule has 5 aliphatic rings. The van der Waals surface area contributed by atoms with E-state index in [2.05, 4.69) is 50.8 Å². The maximum absolute atomic E-state index is 13.0. The fraction of sp³-hybridized carbons (Fsp3) is 0.667. The third-order valence-corrected chi connectivity index (χ3v) is 8.26. The first kappa shape index (κ1) is 25.6. The van der Waals surface area contributed by atoms with E-state index in [1.807, 2.05) is 0 Å². The lowest BCUT2D eigenvalue weighted by Crippen LogP contribution is -2.70. The number of nitrogens with zero attached hydrogens (tertiary/aromatic N) is 2. The van der Waals surface area contributed by atoms with Gasteiger partial charge in [-0.2, -0.15) is 0 Å². The maximum atomic E-state index is 13.0. The molecule has 6 rings (SSSR count). The topological polar surface area (TPSA) is 102 Å². The third-order valence-electron chi connectivity index (χ3n) is 8.26. The highest BCUT2D eigenvalue weighted by Gasteiger charge is 2.55. The minimum absolute atomic E-state index is 0.0254. The molecule has 3 unspecified atom stereocenters. The highest BCUT2D eigenvalue weighted by atomic mass is 16.3. The summed E-state index contributed by atoms with van der Waals surface area (Å²) in [5.41, 5.74) is 1.26. The molecule has 3 atom stereocenters. The molecule has 1 aromatic carbocycles. The summed E-state index contributed by atoms with van der Waals surface area (Å²) >= 11 is 0. The first-order valence-corrected chi connectivity index (χ1v) is 13.2. The lowest BCUT2D eigenvalue weighted by molar-refractivity contribution is -0.128. The fourth-order valence-electron chi connectivity index (χ4n) is 6.76. The van der Waals surface area contributed by atoms with Gasteiger partial charge in [0.1, 0.15) is 0 Å². The number of fused-ring (bicyclic) bond motifs is 1. The molecule has 2 amide bonds. The van der Waals surface area contributed by atoms with Crippen LogP contribution in [0.15, 0.2) is 30.3 Å². The molecule has 0 radical (unpaired) electrons. The van der Waals surface area contributed by atoms with E-state index in [-0.39, 0.29) is 42.6 Å². The Kier molecular flexibility index (Phi) is 8.78. The number of carbonyl (C=O) groups excluding carboxylic acids is 2. The van der Waals surface area contributed by atoms with Crippen molar-refractivity contribution in [2.75, 3.05) is 39.3 Å². The zero-order valence-corrected chi connectivity index (χ0v) is 20.7. The molecule has 1 saturated carbocycles. The molecule has 8 heteroatoms. The zero-order valence-electron chi connectivity index (χ0n) is 20.7. The van der Waals surface area contributed by atoms with Gasteiger partial charge in [-0.1, -0.05) is 56.0 Å². The minimum Gasteiger partial charge on any atom is -0.483 e. The van der Waals surface area contributed by atoms with Gasteiger partial charge in [0.2, 0.25) is 11.8 Å². The van der Waals surface area contributed by atoms with Crippen LogP contribution in [-0.4, -0.2) is 84.5 Å². The van der Waals surface area contributed by atoms with Crippen molar-refractivity contribution in [3.63, 3.8) is 0 Å². The number of benzene rings is 1. The van der Waals surface area contributed by atoms with Crippen molar-refractivity contribution in [2.24, 2.45) is 5.92 Å². The number of hydrogen-bond acceptors (Lipinski definition) is 5. The molecule has 4 bridgehead atoms. The Balaban J connectivity index is 0.000000917. The molecule has 1 aliphatic carbocycles. The van der Waals surface area contributed by atoms with Gasteiger partial charge in [0, 0.05) is 75.5 Å². The summed E-state index contributed by atoms with van der Waals surface area (Å²) in [4.78, 5) is 39.1. The Hall–Kier alpha value is -2.45. The molecule has 3 N–H and O–H groups in total. The Morgan fingerprint density at radius 2 is 1.46 bits per heavy atom. The van der Waals surface area contributed by atoms with Crippen molar-refractivity contribution in [1.29, 1.82) is 0 Å². The Bertz CT molecular complexity index is 840. The number of carbonyl (C=O) groups is 3. The number of nitrogens with one attached hydrogen (secondary N) is 2. The maximum Gasteiger partial charge on any atom is 0.290 e. The highest BCUT2D eigenvalue weighted by Crippen LogP contribution is 2.43. The standard InChI is InChI=1S/C26H38N4O2.CH2O2/c31-23(27-22-10-6-1-2-7-11-22)12-13-24(32)28-25-20-16-29-14-15-30(17-20)19-26(25,18-29)21-8-4-3-5-9-21;2-1-3/h3-5,8-9,20,22,25H,1-2,6-7,10-19H2,(H,27,31)(H,28,32);1H,(H,2,3). The fourth-order valence-corrected chi connectivity index (χ4v) is 6.76. The number of amides is 2. The number of hydrogen-bond donors (Lipinski definition) is 3. The van der Waals surface area contributed by atoms with Gasteiger partial charge < -0.3 is 25.5 Å². The van der Waals surface area contributed by atoms with Crippen LogP contribution in [-0.2, 0) is 19.8 Å². The van der Waals surface area contributed by atoms with E-state index in [9.17, 15) is 9.59 Å². The van der Waals surface area contributed by atoms with Crippen molar-refractivity contribution >= 4 is 18.3 Å². The summed E-state index contributed by atoms with van der Waals surface area (Å²) in [6, 6.07) is 11.2. The molecule has 0 spiro atoms. The summed E-state index contributed by atoms with van der Waals surface area (Å²) in [6.45, 7) is 6.09. The van der Waals surface area contributed by atoms with E-state index < -0.39 is 0 Å². The van der Waals surface area contributed by atoms with Crippen LogP contribution in [0, 0.1) is 5.92 Å². The number of carboxylic acid groups (broad SMARTS) is 1.